The number of nitrogens with two attached hydrogens (primary N) is 1. The third-order valence-corrected chi connectivity index (χ3v) is 5.70. The summed E-state index contributed by atoms with van der Waals surface area (Å²) < 4.78 is 11.9. The van der Waals surface area contributed by atoms with E-state index in [1.165, 1.54) is 37.8 Å². The summed E-state index contributed by atoms with van der Waals surface area (Å²) in [7, 11) is 0. The van der Waals surface area contributed by atoms with Crippen molar-refractivity contribution in [2.45, 2.75) is 64.4 Å². The van der Waals surface area contributed by atoms with Crippen molar-refractivity contribution < 1.29 is 9.47 Å². The molecule has 4 nitrogen and oxygen atoms in total. The van der Waals surface area contributed by atoms with Crippen LogP contribution in [-0.2, 0) is 0 Å². The van der Waals surface area contributed by atoms with Crippen LogP contribution < -0.4 is 15.2 Å². The summed E-state index contributed by atoms with van der Waals surface area (Å²) in [6, 6.07) is 2.00. The molecule has 0 radical (unpaired) electrons. The highest BCUT2D eigenvalue weighted by molar-refractivity contribution is 6.33. The molecule has 0 spiro atoms. The van der Waals surface area contributed by atoms with Gasteiger partial charge < -0.3 is 20.1 Å². The molecule has 140 valence electrons. The van der Waals surface area contributed by atoms with Gasteiger partial charge in [0.05, 0.1) is 10.7 Å². The average molecular weight is 367 g/mol. The van der Waals surface area contributed by atoms with E-state index in [1.807, 2.05) is 13.0 Å². The number of rotatable bonds is 6. The van der Waals surface area contributed by atoms with Gasteiger partial charge in [0.15, 0.2) is 11.5 Å². The average Bonchev–Trinajstić information content (AvgIpc) is 2.62. The van der Waals surface area contributed by atoms with E-state index in [4.69, 9.17) is 26.8 Å². The Morgan fingerprint density at radius 2 is 1.96 bits per heavy atom. The van der Waals surface area contributed by atoms with Crippen LogP contribution in [0.5, 0.6) is 11.5 Å². The van der Waals surface area contributed by atoms with Crippen LogP contribution in [0.4, 0.5) is 5.69 Å². The minimum Gasteiger partial charge on any atom is -0.485 e. The lowest BCUT2D eigenvalue weighted by Crippen LogP contribution is -2.34. The highest BCUT2D eigenvalue weighted by Gasteiger charge is 2.30. The number of hydrogen-bond acceptors (Lipinski definition) is 4. The molecule has 1 aromatic rings. The second-order valence-corrected chi connectivity index (χ2v) is 7.84. The zero-order chi connectivity index (χ0) is 17.8. The van der Waals surface area contributed by atoms with E-state index >= 15 is 0 Å². The van der Waals surface area contributed by atoms with Gasteiger partial charge in [-0.2, -0.15) is 0 Å². The van der Waals surface area contributed by atoms with Crippen molar-refractivity contribution in [3.8, 4) is 11.5 Å². The van der Waals surface area contributed by atoms with Crippen LogP contribution >= 0.6 is 11.6 Å². The van der Waals surface area contributed by atoms with Crippen LogP contribution in [0.3, 0.4) is 0 Å². The van der Waals surface area contributed by atoms with E-state index in [-0.39, 0.29) is 6.10 Å². The summed E-state index contributed by atoms with van der Waals surface area (Å²) in [6.07, 6.45) is 7.59. The Labute approximate surface area is 156 Å². The molecule has 0 saturated carbocycles. The second kappa shape index (κ2) is 8.50. The van der Waals surface area contributed by atoms with E-state index in [9.17, 15) is 0 Å². The number of unbranched alkanes of at least 4 members (excludes halogenated alkanes) is 3. The summed E-state index contributed by atoms with van der Waals surface area (Å²) in [5.74, 6) is 1.93. The molecule has 1 fully saturated rings. The lowest BCUT2D eigenvalue weighted by Gasteiger charge is -2.35. The van der Waals surface area contributed by atoms with Crippen LogP contribution in [0.15, 0.2) is 6.07 Å². The zero-order valence-electron chi connectivity index (χ0n) is 15.5. The molecule has 2 heterocycles. The molecule has 2 aliphatic heterocycles. The Hall–Kier alpha value is -1.13. The molecule has 2 aliphatic rings. The van der Waals surface area contributed by atoms with Gasteiger partial charge >= 0.3 is 0 Å². The summed E-state index contributed by atoms with van der Waals surface area (Å²) in [5.41, 5.74) is 7.79. The number of piperidine rings is 1. The Bertz CT molecular complexity index is 586. The molecule has 1 saturated heterocycles. The third-order valence-electron chi connectivity index (χ3n) is 5.39. The summed E-state index contributed by atoms with van der Waals surface area (Å²) in [5, 5.41) is 0.577. The van der Waals surface area contributed by atoms with E-state index in [0.717, 1.165) is 31.7 Å². The number of nitrogen functional groups attached to an aromatic ring is 1. The number of ether oxygens (including phenoxy) is 2. The number of hydrogen-bond donors (Lipinski definition) is 1. The molecule has 25 heavy (non-hydrogen) atoms. The molecule has 0 bridgehead atoms. The maximum Gasteiger partial charge on any atom is 0.186 e. The van der Waals surface area contributed by atoms with Crippen LogP contribution in [0.25, 0.3) is 0 Å². The maximum atomic E-state index is 6.37. The summed E-state index contributed by atoms with van der Waals surface area (Å²) >= 11 is 6.37. The molecule has 1 unspecified atom stereocenters. The first-order valence-corrected chi connectivity index (χ1v) is 10.1. The number of fused-ring (bicyclic) bond motifs is 1. The predicted molar refractivity (Wildman–Crippen MR) is 104 cm³/mol. The van der Waals surface area contributed by atoms with Gasteiger partial charge in [0.25, 0.3) is 0 Å². The monoisotopic (exact) mass is 366 g/mol. The first kappa shape index (κ1) is 18.7. The van der Waals surface area contributed by atoms with Crippen molar-refractivity contribution >= 4 is 17.3 Å². The number of likely N-dealkylation sites (tertiary alicyclic amines) is 1. The molecule has 0 aliphatic carbocycles. The normalized spacial score (nSPS) is 21.5. The fourth-order valence-corrected chi connectivity index (χ4v) is 4.08. The van der Waals surface area contributed by atoms with Crippen LogP contribution in [0.2, 0.25) is 5.02 Å². The van der Waals surface area contributed by atoms with Crippen molar-refractivity contribution in [2.75, 3.05) is 32.0 Å². The van der Waals surface area contributed by atoms with Gasteiger partial charge in [-0.05, 0) is 57.8 Å². The third kappa shape index (κ3) is 4.35. The van der Waals surface area contributed by atoms with E-state index < -0.39 is 0 Å². The molecular weight excluding hydrogens is 336 g/mol. The van der Waals surface area contributed by atoms with E-state index in [0.29, 0.717) is 29.0 Å². The van der Waals surface area contributed by atoms with Crippen molar-refractivity contribution in [1.29, 1.82) is 0 Å². The number of benzene rings is 1. The molecule has 1 aromatic carbocycles. The molecule has 3 rings (SSSR count). The minimum absolute atomic E-state index is 0.00563. The Morgan fingerprint density at radius 3 is 2.68 bits per heavy atom. The molecule has 0 amide bonds. The largest absolute Gasteiger partial charge is 0.485 e. The smallest absolute Gasteiger partial charge is 0.186 e. The fourth-order valence-electron chi connectivity index (χ4n) is 3.88. The predicted octanol–water partition coefficient (Wildman–Crippen LogP) is 4.84. The van der Waals surface area contributed by atoms with Gasteiger partial charge in [-0.15, -0.1) is 0 Å². The van der Waals surface area contributed by atoms with Gasteiger partial charge in [-0.1, -0.05) is 37.8 Å². The van der Waals surface area contributed by atoms with Crippen molar-refractivity contribution in [3.05, 3.63) is 16.7 Å². The second-order valence-electron chi connectivity index (χ2n) is 7.44. The van der Waals surface area contributed by atoms with Crippen molar-refractivity contribution in [1.82, 2.24) is 4.90 Å². The van der Waals surface area contributed by atoms with Crippen molar-refractivity contribution in [2.24, 2.45) is 0 Å². The van der Waals surface area contributed by atoms with Gasteiger partial charge in [-0.25, -0.2) is 0 Å². The molecule has 0 aromatic heterocycles. The topological polar surface area (TPSA) is 47.7 Å². The highest BCUT2D eigenvalue weighted by Crippen LogP contribution is 2.48. The highest BCUT2D eigenvalue weighted by atomic mass is 35.5. The lowest BCUT2D eigenvalue weighted by molar-refractivity contribution is 0.102. The van der Waals surface area contributed by atoms with Crippen LogP contribution in [0, 0.1) is 0 Å². The van der Waals surface area contributed by atoms with Gasteiger partial charge in [-0.3, -0.25) is 0 Å². The van der Waals surface area contributed by atoms with E-state index in [2.05, 4.69) is 11.8 Å². The summed E-state index contributed by atoms with van der Waals surface area (Å²) in [6.45, 7) is 8.33. The van der Waals surface area contributed by atoms with Crippen molar-refractivity contribution in [3.63, 3.8) is 0 Å². The molecule has 5 heteroatoms. The Balaban J connectivity index is 1.66. The quantitative estimate of drug-likeness (QED) is 0.578. The lowest BCUT2D eigenvalue weighted by atomic mass is 9.88. The molecular formula is C20H31ClN2O2. The fraction of sp³-hybridized carbons (Fsp3) is 0.700. The number of halogens is 1. The molecule has 1 atom stereocenters. The van der Waals surface area contributed by atoms with Crippen LogP contribution in [0.1, 0.15) is 63.9 Å². The maximum absolute atomic E-state index is 6.37. The van der Waals surface area contributed by atoms with Gasteiger partial charge in [0, 0.05) is 5.56 Å². The molecule has 2 N–H and O–H groups in total. The zero-order valence-corrected chi connectivity index (χ0v) is 16.3. The standard InChI is InChI=1S/C20H31ClN2O2/c1-3-4-5-6-9-23-10-7-15(8-11-23)16-12-17(21)18(22)20-19(16)24-13-14(2)25-20/h12,14-15H,3-11,13,22H2,1-2H3. The van der Waals surface area contributed by atoms with Crippen LogP contribution in [-0.4, -0.2) is 37.2 Å². The minimum atomic E-state index is 0.00563. The Morgan fingerprint density at radius 1 is 1.20 bits per heavy atom. The number of anilines is 1. The SMILES string of the molecule is CCCCCCN1CCC(c2cc(Cl)c(N)c3c2OCC(C)O3)CC1. The summed E-state index contributed by atoms with van der Waals surface area (Å²) in [4.78, 5) is 2.59. The first-order chi connectivity index (χ1) is 12.1. The first-order valence-electron chi connectivity index (χ1n) is 9.73. The van der Waals surface area contributed by atoms with E-state index in [1.54, 1.807) is 0 Å². The number of nitrogens with zero attached hydrogens (tertiary/aromatic N) is 1. The Kier molecular flexibility index (Phi) is 6.34. The van der Waals surface area contributed by atoms with Gasteiger partial charge in [0.1, 0.15) is 12.7 Å². The van der Waals surface area contributed by atoms with Gasteiger partial charge in [0.2, 0.25) is 0 Å².